The summed E-state index contributed by atoms with van der Waals surface area (Å²) in [6.45, 7) is 4.59. The molecule has 2 aromatic heterocycles. The first-order valence-electron chi connectivity index (χ1n) is 8.40. The molecule has 3 aromatic rings. The van der Waals surface area contributed by atoms with Gasteiger partial charge in [0, 0.05) is 24.4 Å². The Morgan fingerprint density at radius 2 is 2.12 bits per heavy atom. The van der Waals surface area contributed by atoms with Gasteiger partial charge >= 0.3 is 5.97 Å². The summed E-state index contributed by atoms with van der Waals surface area (Å²) in [5.74, 6) is 0.520. The molecule has 132 valence electrons. The number of cyclic esters (lactones) is 1. The second-order valence-electron chi connectivity index (χ2n) is 6.24. The molecular formula is C19H18N4O2S. The normalized spacial score (nSPS) is 16.7. The van der Waals surface area contributed by atoms with Crippen molar-refractivity contribution in [3.8, 4) is 17.1 Å². The molecule has 0 aliphatic carbocycles. The molecule has 1 unspecified atom stereocenters. The first-order valence-corrected chi connectivity index (χ1v) is 9.28. The lowest BCUT2D eigenvalue weighted by Gasteiger charge is -2.14. The van der Waals surface area contributed by atoms with Crippen molar-refractivity contribution in [3.63, 3.8) is 0 Å². The third kappa shape index (κ3) is 3.10. The lowest BCUT2D eigenvalue weighted by molar-refractivity contribution is -0.137. The van der Waals surface area contributed by atoms with Gasteiger partial charge < -0.3 is 4.74 Å². The summed E-state index contributed by atoms with van der Waals surface area (Å²) in [7, 11) is 0. The summed E-state index contributed by atoms with van der Waals surface area (Å²) in [6, 6.07) is 10.1. The van der Waals surface area contributed by atoms with Crippen molar-refractivity contribution >= 4 is 17.7 Å². The molecule has 1 saturated heterocycles. The van der Waals surface area contributed by atoms with Crippen LogP contribution >= 0.6 is 11.8 Å². The molecular weight excluding hydrogens is 348 g/mol. The third-order valence-corrected chi connectivity index (χ3v) is 5.47. The number of hydrogen-bond donors (Lipinski definition) is 0. The van der Waals surface area contributed by atoms with E-state index >= 15 is 0 Å². The largest absolute Gasteiger partial charge is 0.465 e. The van der Waals surface area contributed by atoms with Gasteiger partial charge in [-0.25, -0.2) is 0 Å². The van der Waals surface area contributed by atoms with Crippen molar-refractivity contribution in [2.45, 2.75) is 30.7 Å². The zero-order valence-electron chi connectivity index (χ0n) is 14.5. The SMILES string of the molecule is Cc1ccc(-n2c(SC3CCOC3=O)nnc2-c2cccnc2)c(C)c1. The Morgan fingerprint density at radius 1 is 1.23 bits per heavy atom. The maximum Gasteiger partial charge on any atom is 0.319 e. The van der Waals surface area contributed by atoms with Crippen LogP contribution in [0.3, 0.4) is 0 Å². The highest BCUT2D eigenvalue weighted by Gasteiger charge is 2.30. The number of pyridine rings is 1. The smallest absolute Gasteiger partial charge is 0.319 e. The zero-order valence-corrected chi connectivity index (χ0v) is 15.4. The Bertz CT molecular complexity index is 955. The summed E-state index contributed by atoms with van der Waals surface area (Å²) < 4.78 is 7.09. The maximum atomic E-state index is 11.9. The van der Waals surface area contributed by atoms with Crippen LogP contribution in [-0.4, -0.2) is 37.6 Å². The predicted octanol–water partition coefficient (Wildman–Crippen LogP) is 3.35. The summed E-state index contributed by atoms with van der Waals surface area (Å²) in [6.07, 6.45) is 4.18. The van der Waals surface area contributed by atoms with Gasteiger partial charge in [-0.15, -0.1) is 10.2 Å². The van der Waals surface area contributed by atoms with E-state index in [9.17, 15) is 4.79 Å². The number of benzene rings is 1. The van der Waals surface area contributed by atoms with Crippen LogP contribution in [0.1, 0.15) is 17.5 Å². The van der Waals surface area contributed by atoms with E-state index < -0.39 is 0 Å². The number of carbonyl (C=O) groups is 1. The summed E-state index contributed by atoms with van der Waals surface area (Å²) in [5, 5.41) is 9.20. The van der Waals surface area contributed by atoms with E-state index in [-0.39, 0.29) is 11.2 Å². The fourth-order valence-electron chi connectivity index (χ4n) is 3.01. The number of thioether (sulfide) groups is 1. The van der Waals surface area contributed by atoms with Crippen LogP contribution in [0.4, 0.5) is 0 Å². The van der Waals surface area contributed by atoms with Crippen molar-refractivity contribution in [3.05, 3.63) is 53.9 Å². The van der Waals surface area contributed by atoms with E-state index in [1.165, 1.54) is 17.3 Å². The van der Waals surface area contributed by atoms with Crippen LogP contribution in [0.25, 0.3) is 17.1 Å². The number of aromatic nitrogens is 4. The number of esters is 1. The Balaban J connectivity index is 1.84. The van der Waals surface area contributed by atoms with Gasteiger partial charge in [0.1, 0.15) is 5.25 Å². The van der Waals surface area contributed by atoms with E-state index in [1.54, 1.807) is 12.4 Å². The highest BCUT2D eigenvalue weighted by atomic mass is 32.2. The first-order chi connectivity index (χ1) is 12.6. The minimum absolute atomic E-state index is 0.187. The van der Waals surface area contributed by atoms with Crippen LogP contribution in [0, 0.1) is 13.8 Å². The Kier molecular flexibility index (Phi) is 4.46. The van der Waals surface area contributed by atoms with Gasteiger partial charge in [-0.3, -0.25) is 14.3 Å². The highest BCUT2D eigenvalue weighted by molar-refractivity contribution is 8.00. The molecule has 7 heteroatoms. The number of rotatable bonds is 4. The number of carbonyl (C=O) groups excluding carboxylic acids is 1. The second kappa shape index (κ2) is 6.92. The number of aryl methyl sites for hydroxylation is 2. The van der Waals surface area contributed by atoms with Crippen LogP contribution in [-0.2, 0) is 9.53 Å². The van der Waals surface area contributed by atoms with Crippen LogP contribution in [0.5, 0.6) is 0 Å². The molecule has 1 aliphatic rings. The Labute approximate surface area is 155 Å². The highest BCUT2D eigenvalue weighted by Crippen LogP contribution is 2.34. The Hall–Kier alpha value is -2.67. The van der Waals surface area contributed by atoms with Gasteiger partial charge in [-0.1, -0.05) is 29.5 Å². The van der Waals surface area contributed by atoms with Crippen LogP contribution in [0.15, 0.2) is 47.9 Å². The third-order valence-electron chi connectivity index (χ3n) is 4.28. The Morgan fingerprint density at radius 3 is 2.81 bits per heavy atom. The molecule has 0 amide bonds. The van der Waals surface area contributed by atoms with E-state index in [0.29, 0.717) is 24.0 Å². The molecule has 1 aromatic carbocycles. The lowest BCUT2D eigenvalue weighted by atomic mass is 10.1. The van der Waals surface area contributed by atoms with Gasteiger partial charge in [0.2, 0.25) is 0 Å². The van der Waals surface area contributed by atoms with Crippen LogP contribution < -0.4 is 0 Å². The molecule has 0 saturated carbocycles. The molecule has 26 heavy (non-hydrogen) atoms. The zero-order chi connectivity index (χ0) is 18.1. The topological polar surface area (TPSA) is 69.9 Å². The average molecular weight is 366 g/mol. The molecule has 1 aliphatic heterocycles. The standard InChI is InChI=1S/C19H18N4O2S/c1-12-5-6-15(13(2)10-12)23-17(14-4-3-8-20-11-14)21-22-19(23)26-16-7-9-25-18(16)24/h3-6,8,10-11,16H,7,9H2,1-2H3. The molecule has 0 spiro atoms. The second-order valence-corrected chi connectivity index (χ2v) is 7.41. The van der Waals surface area contributed by atoms with Crippen molar-refractivity contribution in [1.29, 1.82) is 0 Å². The van der Waals surface area contributed by atoms with Gasteiger partial charge in [-0.05, 0) is 37.6 Å². The fraction of sp³-hybridized carbons (Fsp3) is 0.263. The van der Waals surface area contributed by atoms with E-state index in [1.807, 2.05) is 16.7 Å². The fourth-order valence-corrected chi connectivity index (χ4v) is 4.02. The maximum absolute atomic E-state index is 11.9. The molecule has 1 fully saturated rings. The van der Waals surface area contributed by atoms with E-state index in [0.717, 1.165) is 16.8 Å². The minimum Gasteiger partial charge on any atom is -0.465 e. The molecule has 4 rings (SSSR count). The average Bonchev–Trinajstić information content (AvgIpc) is 3.23. The molecule has 0 bridgehead atoms. The quantitative estimate of drug-likeness (QED) is 0.660. The monoisotopic (exact) mass is 366 g/mol. The summed E-state index contributed by atoms with van der Waals surface area (Å²) in [5.41, 5.74) is 4.18. The van der Waals surface area contributed by atoms with E-state index in [2.05, 4.69) is 47.2 Å². The van der Waals surface area contributed by atoms with Crippen molar-refractivity contribution in [2.24, 2.45) is 0 Å². The molecule has 1 atom stereocenters. The molecule has 6 nitrogen and oxygen atoms in total. The lowest BCUT2D eigenvalue weighted by Crippen LogP contribution is -2.11. The van der Waals surface area contributed by atoms with Gasteiger partial charge in [-0.2, -0.15) is 0 Å². The number of ether oxygens (including phenoxy) is 1. The summed E-state index contributed by atoms with van der Waals surface area (Å²) in [4.78, 5) is 16.1. The van der Waals surface area contributed by atoms with Crippen molar-refractivity contribution in [1.82, 2.24) is 19.7 Å². The molecule has 0 N–H and O–H groups in total. The first kappa shape index (κ1) is 16.8. The van der Waals surface area contributed by atoms with Gasteiger partial charge in [0.05, 0.1) is 12.3 Å². The molecule has 0 radical (unpaired) electrons. The predicted molar refractivity (Wildman–Crippen MR) is 99.3 cm³/mol. The van der Waals surface area contributed by atoms with Gasteiger partial charge in [0.15, 0.2) is 11.0 Å². The van der Waals surface area contributed by atoms with Gasteiger partial charge in [0.25, 0.3) is 0 Å². The minimum atomic E-state index is -0.245. The summed E-state index contributed by atoms with van der Waals surface area (Å²) >= 11 is 1.40. The van der Waals surface area contributed by atoms with Crippen LogP contribution in [0.2, 0.25) is 0 Å². The van der Waals surface area contributed by atoms with Crippen molar-refractivity contribution in [2.75, 3.05) is 6.61 Å². The number of hydrogen-bond acceptors (Lipinski definition) is 6. The van der Waals surface area contributed by atoms with E-state index in [4.69, 9.17) is 4.74 Å². The number of nitrogens with zero attached hydrogens (tertiary/aromatic N) is 4. The van der Waals surface area contributed by atoms with Crippen molar-refractivity contribution < 1.29 is 9.53 Å². The molecule has 3 heterocycles.